The summed E-state index contributed by atoms with van der Waals surface area (Å²) < 4.78 is 5.75. The van der Waals surface area contributed by atoms with Gasteiger partial charge >= 0.3 is 0 Å². The molecule has 0 saturated carbocycles. The highest BCUT2D eigenvalue weighted by atomic mass is 16.5. The number of piperazine rings is 1. The highest BCUT2D eigenvalue weighted by Crippen LogP contribution is 2.31. The first-order valence-corrected chi connectivity index (χ1v) is 12.7. The molecule has 3 heterocycles. The summed E-state index contributed by atoms with van der Waals surface area (Å²) in [6.45, 7) is 4.67. The van der Waals surface area contributed by atoms with Gasteiger partial charge in [-0.05, 0) is 55.3 Å². The van der Waals surface area contributed by atoms with Gasteiger partial charge in [-0.15, -0.1) is 0 Å². The molecule has 2 fully saturated rings. The highest BCUT2D eigenvalue weighted by molar-refractivity contribution is 6.23. The first kappa shape index (κ1) is 25.4. The fraction of sp³-hybridized carbons (Fsp3) is 0.370. The SMILES string of the molecule is NC(=O)c1ccc(OCCCN2CCN(c3ccc4c(c3)C(=O)N(C3CCC(=O)NC3=O)C4=O)CC2)cc1. The number of piperidine rings is 1. The van der Waals surface area contributed by atoms with Crippen molar-refractivity contribution in [1.82, 2.24) is 15.1 Å². The van der Waals surface area contributed by atoms with Crippen molar-refractivity contribution in [3.8, 4) is 5.75 Å². The minimum Gasteiger partial charge on any atom is -0.494 e. The lowest BCUT2D eigenvalue weighted by molar-refractivity contribution is -0.136. The number of primary amides is 1. The van der Waals surface area contributed by atoms with Crippen LogP contribution >= 0.6 is 0 Å². The van der Waals surface area contributed by atoms with E-state index < -0.39 is 35.6 Å². The van der Waals surface area contributed by atoms with Crippen LogP contribution in [0.25, 0.3) is 0 Å². The molecule has 2 aromatic carbocycles. The van der Waals surface area contributed by atoms with E-state index >= 15 is 0 Å². The number of fused-ring (bicyclic) bond motifs is 1. The highest BCUT2D eigenvalue weighted by Gasteiger charge is 2.44. The molecule has 3 aliphatic rings. The van der Waals surface area contributed by atoms with Crippen molar-refractivity contribution in [2.24, 2.45) is 5.73 Å². The average molecular weight is 520 g/mol. The molecule has 0 radical (unpaired) electrons. The summed E-state index contributed by atoms with van der Waals surface area (Å²) in [6, 6.07) is 11.0. The van der Waals surface area contributed by atoms with Crippen LogP contribution in [0.1, 0.15) is 50.3 Å². The van der Waals surface area contributed by atoms with Crippen molar-refractivity contribution in [2.45, 2.75) is 25.3 Å². The van der Waals surface area contributed by atoms with E-state index in [1.54, 1.807) is 36.4 Å². The normalized spacial score (nSPS) is 19.9. The maximum Gasteiger partial charge on any atom is 0.262 e. The Morgan fingerprint density at radius 1 is 0.947 bits per heavy atom. The van der Waals surface area contributed by atoms with E-state index in [1.807, 2.05) is 6.07 Å². The van der Waals surface area contributed by atoms with E-state index in [2.05, 4.69) is 15.1 Å². The number of nitrogens with one attached hydrogen (secondary N) is 1. The molecule has 3 N–H and O–H groups in total. The summed E-state index contributed by atoms with van der Waals surface area (Å²) in [5.41, 5.74) is 7.13. The molecule has 2 saturated heterocycles. The average Bonchev–Trinajstić information content (AvgIpc) is 3.16. The van der Waals surface area contributed by atoms with E-state index in [9.17, 15) is 24.0 Å². The van der Waals surface area contributed by atoms with Crippen LogP contribution in [0.2, 0.25) is 0 Å². The van der Waals surface area contributed by atoms with E-state index in [0.29, 0.717) is 23.5 Å². The molecule has 1 unspecified atom stereocenters. The zero-order valence-electron chi connectivity index (χ0n) is 20.9. The minimum absolute atomic E-state index is 0.0928. The number of carbonyl (C=O) groups excluding carboxylic acids is 5. The van der Waals surface area contributed by atoms with E-state index in [0.717, 1.165) is 49.7 Å². The Morgan fingerprint density at radius 3 is 2.34 bits per heavy atom. The van der Waals surface area contributed by atoms with Crippen LogP contribution in [0.3, 0.4) is 0 Å². The number of hydrogen-bond donors (Lipinski definition) is 2. The molecule has 3 aliphatic heterocycles. The number of nitrogens with zero attached hydrogens (tertiary/aromatic N) is 3. The molecule has 1 atom stereocenters. The summed E-state index contributed by atoms with van der Waals surface area (Å²) in [5.74, 6) is -1.77. The standard InChI is InChI=1S/C27H29N5O6/c28-24(34)17-2-5-19(6-3-17)38-15-1-10-30-11-13-31(14-12-30)18-4-7-20-21(16-18)27(37)32(26(20)36)22-8-9-23(33)29-25(22)35/h2-7,16,22H,1,8-15H2,(H2,28,34)(H,29,33,35). The quantitative estimate of drug-likeness (QED) is 0.385. The first-order valence-electron chi connectivity index (χ1n) is 12.7. The number of rotatable bonds is 8. The van der Waals surface area contributed by atoms with Crippen molar-refractivity contribution < 1.29 is 28.7 Å². The topological polar surface area (TPSA) is 142 Å². The minimum atomic E-state index is -0.967. The molecule has 11 nitrogen and oxygen atoms in total. The molecule has 0 aromatic heterocycles. The van der Waals surface area contributed by atoms with Gasteiger partial charge in [0.1, 0.15) is 11.8 Å². The van der Waals surface area contributed by atoms with Crippen molar-refractivity contribution in [3.05, 3.63) is 59.2 Å². The van der Waals surface area contributed by atoms with Crippen LogP contribution in [0.15, 0.2) is 42.5 Å². The Balaban J connectivity index is 1.12. The summed E-state index contributed by atoms with van der Waals surface area (Å²) in [6.07, 6.45) is 1.08. The van der Waals surface area contributed by atoms with Crippen LogP contribution in [0.4, 0.5) is 5.69 Å². The monoisotopic (exact) mass is 519 g/mol. The molecular formula is C27H29N5O6. The number of imide groups is 2. The lowest BCUT2D eigenvalue weighted by Gasteiger charge is -2.36. The van der Waals surface area contributed by atoms with Gasteiger partial charge in [-0.2, -0.15) is 0 Å². The Hall–Kier alpha value is -4.25. The predicted octanol–water partition coefficient (Wildman–Crippen LogP) is 0.778. The molecule has 5 rings (SSSR count). The summed E-state index contributed by atoms with van der Waals surface area (Å²) >= 11 is 0. The van der Waals surface area contributed by atoms with Gasteiger partial charge < -0.3 is 15.4 Å². The van der Waals surface area contributed by atoms with Gasteiger partial charge in [-0.25, -0.2) is 0 Å². The smallest absolute Gasteiger partial charge is 0.262 e. The zero-order valence-corrected chi connectivity index (χ0v) is 20.9. The maximum atomic E-state index is 13.1. The van der Waals surface area contributed by atoms with E-state index in [1.165, 1.54) is 0 Å². The fourth-order valence-electron chi connectivity index (χ4n) is 5.08. The van der Waals surface area contributed by atoms with Crippen LogP contribution in [0.5, 0.6) is 5.75 Å². The van der Waals surface area contributed by atoms with Crippen molar-refractivity contribution >= 4 is 35.2 Å². The first-order chi connectivity index (χ1) is 18.3. The summed E-state index contributed by atoms with van der Waals surface area (Å²) in [5, 5.41) is 2.21. The fourth-order valence-corrected chi connectivity index (χ4v) is 5.08. The van der Waals surface area contributed by atoms with Gasteiger partial charge in [0.05, 0.1) is 17.7 Å². The van der Waals surface area contributed by atoms with Crippen LogP contribution in [-0.2, 0) is 9.59 Å². The second kappa shape index (κ2) is 10.6. The molecule has 5 amide bonds. The Bertz CT molecular complexity index is 1290. The lowest BCUT2D eigenvalue weighted by atomic mass is 10.0. The number of anilines is 1. The van der Waals surface area contributed by atoms with E-state index in [4.69, 9.17) is 10.5 Å². The van der Waals surface area contributed by atoms with Crippen molar-refractivity contribution in [2.75, 3.05) is 44.2 Å². The van der Waals surface area contributed by atoms with Gasteiger partial charge in [0.15, 0.2) is 0 Å². The van der Waals surface area contributed by atoms with Gasteiger partial charge in [0, 0.05) is 50.4 Å². The molecule has 0 spiro atoms. The molecule has 0 bridgehead atoms. The Morgan fingerprint density at radius 2 is 1.66 bits per heavy atom. The second-order valence-corrected chi connectivity index (χ2v) is 9.60. The Kier molecular flexibility index (Phi) is 7.10. The number of benzene rings is 2. The van der Waals surface area contributed by atoms with Crippen LogP contribution < -0.4 is 20.7 Å². The molecule has 0 aliphatic carbocycles. The lowest BCUT2D eigenvalue weighted by Crippen LogP contribution is -2.54. The van der Waals surface area contributed by atoms with Crippen molar-refractivity contribution in [1.29, 1.82) is 0 Å². The second-order valence-electron chi connectivity index (χ2n) is 9.60. The van der Waals surface area contributed by atoms with Crippen molar-refractivity contribution in [3.63, 3.8) is 0 Å². The Labute approximate surface area is 219 Å². The third-order valence-electron chi connectivity index (χ3n) is 7.19. The molecule has 198 valence electrons. The maximum absolute atomic E-state index is 13.1. The van der Waals surface area contributed by atoms with Gasteiger partial charge in [0.2, 0.25) is 17.7 Å². The zero-order chi connectivity index (χ0) is 26.8. The summed E-state index contributed by atoms with van der Waals surface area (Å²) in [4.78, 5) is 66.4. The molecule has 38 heavy (non-hydrogen) atoms. The number of carbonyl (C=O) groups is 5. The molecule has 2 aromatic rings. The number of amides is 5. The van der Waals surface area contributed by atoms with E-state index in [-0.39, 0.29) is 18.4 Å². The molecule has 11 heteroatoms. The predicted molar refractivity (Wildman–Crippen MR) is 137 cm³/mol. The summed E-state index contributed by atoms with van der Waals surface area (Å²) in [7, 11) is 0. The van der Waals surface area contributed by atoms with Gasteiger partial charge in [-0.1, -0.05) is 0 Å². The van der Waals surface area contributed by atoms with Crippen LogP contribution in [-0.4, -0.2) is 84.7 Å². The number of ether oxygens (including phenoxy) is 1. The van der Waals surface area contributed by atoms with Gasteiger partial charge in [-0.3, -0.25) is 39.1 Å². The molecular weight excluding hydrogens is 490 g/mol. The largest absolute Gasteiger partial charge is 0.494 e. The number of hydrogen-bond acceptors (Lipinski definition) is 8. The van der Waals surface area contributed by atoms with Crippen LogP contribution in [0, 0.1) is 0 Å². The van der Waals surface area contributed by atoms with Gasteiger partial charge in [0.25, 0.3) is 11.8 Å². The third-order valence-corrected chi connectivity index (χ3v) is 7.19. The third kappa shape index (κ3) is 5.10. The number of nitrogens with two attached hydrogens (primary N) is 1.